The van der Waals surface area contributed by atoms with Crippen molar-refractivity contribution < 1.29 is 9.90 Å². The van der Waals surface area contributed by atoms with Crippen LogP contribution >= 0.6 is 0 Å². The van der Waals surface area contributed by atoms with Gasteiger partial charge in [-0.3, -0.25) is 0 Å². The smallest absolute Gasteiger partial charge is 0.374 e. The third kappa shape index (κ3) is 1.97. The van der Waals surface area contributed by atoms with Crippen molar-refractivity contribution >= 4 is 28.5 Å². The van der Waals surface area contributed by atoms with Crippen LogP contribution in [0.5, 0.6) is 0 Å². The van der Waals surface area contributed by atoms with Gasteiger partial charge in [-0.2, -0.15) is 0 Å². The number of aromatic carboxylic acids is 1. The average Bonchev–Trinajstić information content (AvgIpc) is 3.16. The van der Waals surface area contributed by atoms with E-state index in [1.165, 1.54) is 31.9 Å². The summed E-state index contributed by atoms with van der Waals surface area (Å²) in [6.45, 7) is 1.99. The van der Waals surface area contributed by atoms with Crippen molar-refractivity contribution in [3.63, 3.8) is 0 Å². The van der Waals surface area contributed by atoms with Gasteiger partial charge in [0.05, 0.1) is 11.7 Å². The Hall–Kier alpha value is -2.70. The second-order valence-corrected chi connectivity index (χ2v) is 6.89. The lowest BCUT2D eigenvalue weighted by Gasteiger charge is -2.33. The molecule has 24 heavy (non-hydrogen) atoms. The second-order valence-electron chi connectivity index (χ2n) is 6.89. The van der Waals surface area contributed by atoms with E-state index in [9.17, 15) is 4.79 Å². The number of aromatic nitrogens is 4. The zero-order chi connectivity index (χ0) is 16.3. The molecule has 4 heterocycles. The van der Waals surface area contributed by atoms with E-state index >= 15 is 0 Å². The van der Waals surface area contributed by atoms with Gasteiger partial charge in [0, 0.05) is 19.3 Å². The fourth-order valence-electron chi connectivity index (χ4n) is 3.75. The second kappa shape index (κ2) is 4.66. The monoisotopic (exact) mass is 323 g/mol. The summed E-state index contributed by atoms with van der Waals surface area (Å²) >= 11 is 0. The first-order chi connectivity index (χ1) is 11.7. The molecule has 1 saturated heterocycles. The highest BCUT2D eigenvalue weighted by atomic mass is 16.4. The molecule has 3 aromatic rings. The Balaban J connectivity index is 1.65. The number of carboxylic acids is 1. The number of fused-ring (bicyclic) bond motifs is 3. The number of carboxylic acid groups (broad SMARTS) is 1. The van der Waals surface area contributed by atoms with E-state index in [2.05, 4.69) is 14.9 Å². The van der Waals surface area contributed by atoms with Gasteiger partial charge >= 0.3 is 5.97 Å². The van der Waals surface area contributed by atoms with Crippen LogP contribution in [0.25, 0.3) is 16.7 Å². The zero-order valence-electron chi connectivity index (χ0n) is 13.1. The Kier molecular flexibility index (Phi) is 2.66. The van der Waals surface area contributed by atoms with Crippen LogP contribution in [-0.4, -0.2) is 43.5 Å². The van der Waals surface area contributed by atoms with Crippen molar-refractivity contribution in [2.24, 2.45) is 5.41 Å². The molecule has 1 aliphatic carbocycles. The standard InChI is InChI=1S/C17H17N5O2/c23-16(24)14-18-10-12-13(19-14)20-15(11-2-1-7-22(11)12)21-8-5-17(3-4-17)6-9-21/h1-2,7,10H,3-6,8-9H2,(H,23,24). The van der Waals surface area contributed by atoms with Crippen LogP contribution in [-0.2, 0) is 0 Å². The van der Waals surface area contributed by atoms with Crippen LogP contribution in [0, 0.1) is 5.41 Å². The maximum absolute atomic E-state index is 11.2. The number of hydrogen-bond acceptors (Lipinski definition) is 5. The molecule has 1 aliphatic heterocycles. The number of hydrogen-bond donors (Lipinski definition) is 1. The predicted molar refractivity (Wildman–Crippen MR) is 88.4 cm³/mol. The Morgan fingerprint density at radius 1 is 1.12 bits per heavy atom. The highest BCUT2D eigenvalue weighted by molar-refractivity contribution is 5.87. The van der Waals surface area contributed by atoms with Crippen LogP contribution in [0.1, 0.15) is 36.3 Å². The summed E-state index contributed by atoms with van der Waals surface area (Å²) in [5, 5.41) is 9.13. The van der Waals surface area contributed by atoms with Crippen LogP contribution in [0.15, 0.2) is 24.5 Å². The van der Waals surface area contributed by atoms with E-state index in [0.29, 0.717) is 11.1 Å². The number of carbonyl (C=O) groups is 1. The Morgan fingerprint density at radius 2 is 1.92 bits per heavy atom. The fourth-order valence-corrected chi connectivity index (χ4v) is 3.75. The lowest BCUT2D eigenvalue weighted by molar-refractivity contribution is 0.0684. The van der Waals surface area contributed by atoms with E-state index in [-0.39, 0.29) is 5.82 Å². The Labute approximate surface area is 138 Å². The quantitative estimate of drug-likeness (QED) is 0.779. The molecule has 0 radical (unpaired) electrons. The molecule has 1 N–H and O–H groups in total. The van der Waals surface area contributed by atoms with Gasteiger partial charge in [-0.1, -0.05) is 0 Å². The summed E-state index contributed by atoms with van der Waals surface area (Å²) in [7, 11) is 0. The van der Waals surface area contributed by atoms with Gasteiger partial charge in [-0.25, -0.2) is 19.7 Å². The number of rotatable bonds is 2. The predicted octanol–water partition coefficient (Wildman–Crippen LogP) is 2.36. The third-order valence-electron chi connectivity index (χ3n) is 5.47. The van der Waals surface area contributed by atoms with Gasteiger partial charge in [-0.15, -0.1) is 0 Å². The van der Waals surface area contributed by atoms with Crippen molar-refractivity contribution in [3.8, 4) is 0 Å². The van der Waals surface area contributed by atoms with E-state index in [0.717, 1.165) is 29.9 Å². The molecule has 7 heteroatoms. The minimum absolute atomic E-state index is 0.219. The van der Waals surface area contributed by atoms with Crippen LogP contribution < -0.4 is 4.90 Å². The normalized spacial score (nSPS) is 19.2. The summed E-state index contributed by atoms with van der Waals surface area (Å²) in [6.07, 6.45) is 8.63. The molecular formula is C17H17N5O2. The molecule has 3 aromatic heterocycles. The van der Waals surface area contributed by atoms with Gasteiger partial charge in [0.15, 0.2) is 11.5 Å². The minimum atomic E-state index is -1.14. The summed E-state index contributed by atoms with van der Waals surface area (Å²) < 4.78 is 1.99. The molecule has 7 nitrogen and oxygen atoms in total. The van der Waals surface area contributed by atoms with Crippen molar-refractivity contribution in [2.45, 2.75) is 25.7 Å². The molecule has 2 fully saturated rings. The number of anilines is 1. The first-order valence-corrected chi connectivity index (χ1v) is 8.27. The van der Waals surface area contributed by atoms with E-state index < -0.39 is 5.97 Å². The van der Waals surface area contributed by atoms with Gasteiger partial charge < -0.3 is 14.4 Å². The molecule has 0 bridgehead atoms. The summed E-state index contributed by atoms with van der Waals surface area (Å²) in [5.41, 5.74) is 2.76. The van der Waals surface area contributed by atoms with Crippen LogP contribution in [0.3, 0.4) is 0 Å². The van der Waals surface area contributed by atoms with Crippen molar-refractivity contribution in [3.05, 3.63) is 30.4 Å². The topological polar surface area (TPSA) is 83.6 Å². The lowest BCUT2D eigenvalue weighted by atomic mass is 9.94. The van der Waals surface area contributed by atoms with Gasteiger partial charge in [0.2, 0.25) is 5.82 Å². The fraction of sp³-hybridized carbons (Fsp3) is 0.412. The largest absolute Gasteiger partial charge is 0.475 e. The molecule has 0 amide bonds. The molecule has 0 aromatic carbocycles. The van der Waals surface area contributed by atoms with Crippen LogP contribution in [0.2, 0.25) is 0 Å². The molecular weight excluding hydrogens is 306 g/mol. The van der Waals surface area contributed by atoms with Gasteiger partial charge in [0.25, 0.3) is 0 Å². The minimum Gasteiger partial charge on any atom is -0.475 e. The zero-order valence-corrected chi connectivity index (χ0v) is 13.1. The third-order valence-corrected chi connectivity index (χ3v) is 5.47. The Bertz CT molecular complexity index is 966. The number of nitrogens with zero attached hydrogens (tertiary/aromatic N) is 5. The SMILES string of the molecule is O=C(O)c1ncc2c(n1)nc(N1CCC3(CC1)CC3)c1cccn12. The van der Waals surface area contributed by atoms with E-state index in [4.69, 9.17) is 10.1 Å². The van der Waals surface area contributed by atoms with Crippen molar-refractivity contribution in [1.29, 1.82) is 0 Å². The molecule has 0 unspecified atom stereocenters. The van der Waals surface area contributed by atoms with Crippen molar-refractivity contribution in [2.75, 3.05) is 18.0 Å². The van der Waals surface area contributed by atoms with Gasteiger partial charge in [0.1, 0.15) is 5.52 Å². The van der Waals surface area contributed by atoms with Gasteiger partial charge in [-0.05, 0) is 43.2 Å². The molecule has 1 spiro atoms. The Morgan fingerprint density at radius 3 is 2.62 bits per heavy atom. The lowest BCUT2D eigenvalue weighted by Crippen LogP contribution is -2.35. The first kappa shape index (κ1) is 13.7. The van der Waals surface area contributed by atoms with E-state index in [1.54, 1.807) is 0 Å². The maximum atomic E-state index is 11.2. The molecule has 122 valence electrons. The van der Waals surface area contributed by atoms with E-state index in [1.807, 2.05) is 22.7 Å². The number of piperidine rings is 1. The molecule has 2 aliphatic rings. The highest BCUT2D eigenvalue weighted by Gasteiger charge is 2.44. The summed E-state index contributed by atoms with van der Waals surface area (Å²) in [4.78, 5) is 26.2. The first-order valence-electron chi connectivity index (χ1n) is 8.27. The molecule has 5 rings (SSSR count). The highest BCUT2D eigenvalue weighted by Crippen LogP contribution is 2.54. The summed E-state index contributed by atoms with van der Waals surface area (Å²) in [6, 6.07) is 4.01. The molecule has 0 atom stereocenters. The molecule has 1 saturated carbocycles. The van der Waals surface area contributed by atoms with Crippen molar-refractivity contribution in [1.82, 2.24) is 19.4 Å². The summed E-state index contributed by atoms with van der Waals surface area (Å²) in [5.74, 6) is -0.470. The van der Waals surface area contributed by atoms with Crippen LogP contribution in [0.4, 0.5) is 5.82 Å². The maximum Gasteiger partial charge on any atom is 0.374 e. The average molecular weight is 323 g/mol.